The lowest BCUT2D eigenvalue weighted by Crippen LogP contribution is -1.80. The second-order valence-corrected chi connectivity index (χ2v) is 2.29. The smallest absolute Gasteiger partial charge is 0.0393 e. The van der Waals surface area contributed by atoms with Crippen LogP contribution in [-0.2, 0) is 0 Å². The Labute approximate surface area is 71.3 Å². The summed E-state index contributed by atoms with van der Waals surface area (Å²) in [7, 11) is 0. The number of hydrogen-bond donors (Lipinski definition) is 0. The predicted octanol–water partition coefficient (Wildman–Crippen LogP) is 4.11. The Morgan fingerprint density at radius 3 is 1.55 bits per heavy atom. The molecule has 0 spiro atoms. The van der Waals surface area contributed by atoms with Gasteiger partial charge in [-0.15, -0.1) is 0 Å². The Morgan fingerprint density at radius 2 is 1.45 bits per heavy atom. The summed E-state index contributed by atoms with van der Waals surface area (Å²) in [5, 5.41) is 0. The molecule has 0 aliphatic heterocycles. The highest BCUT2D eigenvalue weighted by molar-refractivity contribution is 5.33. The largest absolute Gasteiger partial charge is 0.0988 e. The lowest BCUT2D eigenvalue weighted by molar-refractivity contribution is 1.29. The van der Waals surface area contributed by atoms with Crippen molar-refractivity contribution in [3.05, 3.63) is 36.0 Å². The first-order valence-corrected chi connectivity index (χ1v) is 4.05. The Kier molecular flexibility index (Phi) is 8.57. The summed E-state index contributed by atoms with van der Waals surface area (Å²) in [5.74, 6) is 0. The average Bonchev–Trinajstić information content (AvgIpc) is 2.05. The summed E-state index contributed by atoms with van der Waals surface area (Å²) in [6.45, 7) is 17.6. The number of allylic oxidation sites excluding steroid dienone is 4. The summed E-state index contributed by atoms with van der Waals surface area (Å²) in [6.07, 6.45) is 1.85. The Morgan fingerprint density at radius 1 is 1.09 bits per heavy atom. The maximum Gasteiger partial charge on any atom is -0.0393 e. The molecule has 0 saturated carbocycles. The third kappa shape index (κ3) is 5.65. The van der Waals surface area contributed by atoms with E-state index in [2.05, 4.69) is 20.1 Å². The summed E-state index contributed by atoms with van der Waals surface area (Å²) in [5.41, 5.74) is 3.57. The standard InChI is InChI=1S/C9H14.C2H6/c1-6-8(4)9(5)7(2)3;1-2/h6H,1-2H2,3-5H3;1-2H3/b9-8-;. The van der Waals surface area contributed by atoms with Gasteiger partial charge in [0.25, 0.3) is 0 Å². The molecule has 0 aromatic carbocycles. The molecule has 0 atom stereocenters. The van der Waals surface area contributed by atoms with Crippen molar-refractivity contribution in [3.8, 4) is 0 Å². The minimum Gasteiger partial charge on any atom is -0.0988 e. The molecule has 0 N–H and O–H groups in total. The van der Waals surface area contributed by atoms with Gasteiger partial charge in [0, 0.05) is 0 Å². The number of rotatable bonds is 2. The van der Waals surface area contributed by atoms with Gasteiger partial charge in [0.15, 0.2) is 0 Å². The molecular weight excluding hydrogens is 132 g/mol. The van der Waals surface area contributed by atoms with E-state index >= 15 is 0 Å². The van der Waals surface area contributed by atoms with E-state index in [0.29, 0.717) is 0 Å². The van der Waals surface area contributed by atoms with Crippen molar-refractivity contribution in [1.82, 2.24) is 0 Å². The van der Waals surface area contributed by atoms with E-state index < -0.39 is 0 Å². The molecule has 0 rings (SSSR count). The van der Waals surface area contributed by atoms with Crippen LogP contribution < -0.4 is 0 Å². The normalized spacial score (nSPS) is 10.6. The SMILES string of the molecule is C=C/C(C)=C(/C)C(=C)C.CC. The fourth-order valence-electron chi connectivity index (χ4n) is 0.490. The summed E-state index contributed by atoms with van der Waals surface area (Å²) in [4.78, 5) is 0. The van der Waals surface area contributed by atoms with Gasteiger partial charge in [-0.3, -0.25) is 0 Å². The molecule has 0 heteroatoms. The molecule has 0 fully saturated rings. The van der Waals surface area contributed by atoms with Crippen LogP contribution in [0.1, 0.15) is 34.6 Å². The Balaban J connectivity index is 0. The molecule has 0 aliphatic rings. The molecular formula is C11H20. The molecule has 0 aromatic heterocycles. The zero-order valence-corrected chi connectivity index (χ0v) is 8.49. The van der Waals surface area contributed by atoms with Crippen LogP contribution in [0.3, 0.4) is 0 Å². The fourth-order valence-corrected chi connectivity index (χ4v) is 0.490. The van der Waals surface area contributed by atoms with Gasteiger partial charge in [-0.25, -0.2) is 0 Å². The first-order chi connectivity index (χ1) is 5.09. The van der Waals surface area contributed by atoms with Crippen LogP contribution in [0.25, 0.3) is 0 Å². The zero-order chi connectivity index (χ0) is 9.44. The van der Waals surface area contributed by atoms with Crippen LogP contribution in [0.4, 0.5) is 0 Å². The molecule has 0 nitrogen and oxygen atoms in total. The maximum absolute atomic E-state index is 3.82. The molecule has 0 radical (unpaired) electrons. The van der Waals surface area contributed by atoms with Gasteiger partial charge in [-0.2, -0.15) is 0 Å². The van der Waals surface area contributed by atoms with Crippen LogP contribution in [0, 0.1) is 0 Å². The van der Waals surface area contributed by atoms with E-state index in [4.69, 9.17) is 0 Å². The second kappa shape index (κ2) is 7.33. The van der Waals surface area contributed by atoms with Gasteiger partial charge in [0.1, 0.15) is 0 Å². The highest BCUT2D eigenvalue weighted by Crippen LogP contribution is 2.11. The van der Waals surface area contributed by atoms with Gasteiger partial charge in [-0.1, -0.05) is 38.7 Å². The second-order valence-electron chi connectivity index (χ2n) is 2.29. The highest BCUT2D eigenvalue weighted by Gasteiger charge is 1.90. The highest BCUT2D eigenvalue weighted by atomic mass is 14.0. The minimum atomic E-state index is 1.12. The molecule has 0 aromatic rings. The van der Waals surface area contributed by atoms with E-state index in [1.807, 2.05) is 33.8 Å². The molecule has 0 aliphatic carbocycles. The third-order valence-corrected chi connectivity index (χ3v) is 1.54. The molecule has 64 valence electrons. The first kappa shape index (κ1) is 12.9. The summed E-state index contributed by atoms with van der Waals surface area (Å²) < 4.78 is 0. The number of hydrogen-bond acceptors (Lipinski definition) is 0. The van der Waals surface area contributed by atoms with Crippen molar-refractivity contribution in [2.45, 2.75) is 34.6 Å². The van der Waals surface area contributed by atoms with Crippen LogP contribution in [0.15, 0.2) is 36.0 Å². The third-order valence-electron chi connectivity index (χ3n) is 1.54. The van der Waals surface area contributed by atoms with Crippen molar-refractivity contribution >= 4 is 0 Å². The predicted molar refractivity (Wildman–Crippen MR) is 54.7 cm³/mol. The Bertz CT molecular complexity index is 159. The van der Waals surface area contributed by atoms with Gasteiger partial charge in [0.2, 0.25) is 0 Å². The lowest BCUT2D eigenvalue weighted by Gasteiger charge is -2.00. The van der Waals surface area contributed by atoms with Gasteiger partial charge in [-0.05, 0) is 31.9 Å². The maximum atomic E-state index is 3.82. The van der Waals surface area contributed by atoms with Crippen LogP contribution in [0.5, 0.6) is 0 Å². The quantitative estimate of drug-likeness (QED) is 0.522. The summed E-state index contributed by atoms with van der Waals surface area (Å²) >= 11 is 0. The average molecular weight is 152 g/mol. The van der Waals surface area contributed by atoms with Crippen LogP contribution >= 0.6 is 0 Å². The van der Waals surface area contributed by atoms with Crippen molar-refractivity contribution in [1.29, 1.82) is 0 Å². The Hall–Kier alpha value is -0.780. The molecule has 0 bridgehead atoms. The molecule has 0 heterocycles. The molecule has 0 unspecified atom stereocenters. The van der Waals surface area contributed by atoms with E-state index in [1.54, 1.807) is 0 Å². The lowest BCUT2D eigenvalue weighted by atomic mass is 10.1. The van der Waals surface area contributed by atoms with Crippen molar-refractivity contribution in [2.24, 2.45) is 0 Å². The molecule has 0 saturated heterocycles. The van der Waals surface area contributed by atoms with E-state index in [9.17, 15) is 0 Å². The van der Waals surface area contributed by atoms with Crippen LogP contribution in [-0.4, -0.2) is 0 Å². The van der Waals surface area contributed by atoms with Gasteiger partial charge >= 0.3 is 0 Å². The van der Waals surface area contributed by atoms with E-state index in [0.717, 1.165) is 5.57 Å². The molecule has 0 amide bonds. The monoisotopic (exact) mass is 152 g/mol. The van der Waals surface area contributed by atoms with Crippen molar-refractivity contribution in [2.75, 3.05) is 0 Å². The molecule has 11 heavy (non-hydrogen) atoms. The topological polar surface area (TPSA) is 0 Å². The summed E-state index contributed by atoms with van der Waals surface area (Å²) in [6, 6.07) is 0. The fraction of sp³-hybridized carbons (Fsp3) is 0.455. The van der Waals surface area contributed by atoms with Gasteiger partial charge in [0.05, 0.1) is 0 Å². The van der Waals surface area contributed by atoms with Gasteiger partial charge < -0.3 is 0 Å². The van der Waals surface area contributed by atoms with E-state index in [-0.39, 0.29) is 0 Å². The van der Waals surface area contributed by atoms with Crippen molar-refractivity contribution < 1.29 is 0 Å². The first-order valence-electron chi connectivity index (χ1n) is 4.05. The van der Waals surface area contributed by atoms with Crippen molar-refractivity contribution in [3.63, 3.8) is 0 Å². The van der Waals surface area contributed by atoms with E-state index in [1.165, 1.54) is 11.1 Å². The van der Waals surface area contributed by atoms with Crippen LogP contribution in [0.2, 0.25) is 0 Å². The zero-order valence-electron chi connectivity index (χ0n) is 8.49. The minimum absolute atomic E-state index is 1.12.